The molecule has 0 fully saturated rings. The first-order chi connectivity index (χ1) is 18.2. The van der Waals surface area contributed by atoms with Crippen LogP contribution in [0.1, 0.15) is 106 Å². The molecule has 0 saturated carbocycles. The quantitative estimate of drug-likeness (QED) is 0.233. The molecular weight excluding hydrogens is 484 g/mol. The molecule has 2 aromatic heterocycles. The summed E-state index contributed by atoms with van der Waals surface area (Å²) in [5.41, 5.74) is -0.675. The van der Waals surface area contributed by atoms with Crippen LogP contribution in [0.3, 0.4) is 0 Å². The van der Waals surface area contributed by atoms with Gasteiger partial charge in [0, 0.05) is 32.8 Å². The van der Waals surface area contributed by atoms with Crippen LogP contribution in [0.5, 0.6) is 11.8 Å². The lowest BCUT2D eigenvalue weighted by atomic mass is 9.77. The molecule has 2 rings (SSSR count). The summed E-state index contributed by atoms with van der Waals surface area (Å²) < 4.78 is 12.1. The van der Waals surface area contributed by atoms with Gasteiger partial charge in [-0.2, -0.15) is 0 Å². The third-order valence-electron chi connectivity index (χ3n) is 8.85. The second-order valence-corrected chi connectivity index (χ2v) is 10.7. The number of nitrogens with zero attached hydrogens (tertiary/aromatic N) is 4. The van der Waals surface area contributed by atoms with Gasteiger partial charge in [-0.15, -0.1) is 0 Å². The molecule has 2 aromatic rings. The average molecular weight is 537 g/mol. The highest BCUT2D eigenvalue weighted by molar-refractivity contribution is 5.10. The van der Waals surface area contributed by atoms with E-state index in [0.29, 0.717) is 32.8 Å². The van der Waals surface area contributed by atoms with Gasteiger partial charge >= 0.3 is 11.4 Å². The summed E-state index contributed by atoms with van der Waals surface area (Å²) in [5.74, 6) is 0.0969. The van der Waals surface area contributed by atoms with Crippen molar-refractivity contribution in [1.29, 1.82) is 0 Å². The first kappa shape index (κ1) is 31.8. The predicted molar refractivity (Wildman–Crippen MR) is 152 cm³/mol. The molecule has 0 aliphatic rings. The normalized spacial score (nSPS) is 12.5. The SMILES string of the molecule is CCn1cc(O)n(CC(CC)(CC)CCCCOCCCCC(CC)(CC)n2c(O)cn(CC)c2=O)c1=O. The second kappa shape index (κ2) is 14.7. The van der Waals surface area contributed by atoms with Gasteiger partial charge in [0.1, 0.15) is 0 Å². The molecule has 0 radical (unpaired) electrons. The molecule has 0 aromatic carbocycles. The Hall–Kier alpha value is -2.42. The minimum absolute atomic E-state index is 0.0226. The number of aromatic nitrogens is 4. The maximum atomic E-state index is 12.8. The summed E-state index contributed by atoms with van der Waals surface area (Å²) in [5, 5.41) is 20.8. The highest BCUT2D eigenvalue weighted by Crippen LogP contribution is 2.36. The Labute approximate surface area is 228 Å². The van der Waals surface area contributed by atoms with Gasteiger partial charge in [0.25, 0.3) is 0 Å². The zero-order valence-electron chi connectivity index (χ0n) is 24.7. The zero-order valence-corrected chi connectivity index (χ0v) is 24.7. The Kier molecular flexibility index (Phi) is 12.3. The maximum absolute atomic E-state index is 12.8. The van der Waals surface area contributed by atoms with Crippen molar-refractivity contribution in [2.45, 2.75) is 131 Å². The van der Waals surface area contributed by atoms with Crippen molar-refractivity contribution in [3.05, 3.63) is 33.4 Å². The number of ether oxygens (including phenoxy) is 1. The summed E-state index contributed by atoms with van der Waals surface area (Å²) in [6.07, 6.45) is 12.2. The topological polar surface area (TPSA) is 104 Å². The fraction of sp³-hybridized carbons (Fsp3) is 0.793. The van der Waals surface area contributed by atoms with Crippen LogP contribution in [0.4, 0.5) is 0 Å². The first-order valence-corrected chi connectivity index (χ1v) is 14.8. The third kappa shape index (κ3) is 7.16. The molecule has 218 valence electrons. The molecule has 38 heavy (non-hydrogen) atoms. The van der Waals surface area contributed by atoms with E-state index in [2.05, 4.69) is 27.7 Å². The Morgan fingerprint density at radius 3 is 1.71 bits per heavy atom. The van der Waals surface area contributed by atoms with Crippen molar-refractivity contribution < 1.29 is 14.9 Å². The minimum Gasteiger partial charge on any atom is -0.493 e. The van der Waals surface area contributed by atoms with Crippen LogP contribution in [0.25, 0.3) is 0 Å². The van der Waals surface area contributed by atoms with Gasteiger partial charge in [-0.3, -0.25) is 18.3 Å². The molecule has 9 nitrogen and oxygen atoms in total. The fourth-order valence-corrected chi connectivity index (χ4v) is 5.78. The maximum Gasteiger partial charge on any atom is 0.331 e. The van der Waals surface area contributed by atoms with Crippen LogP contribution in [0.2, 0.25) is 0 Å². The Morgan fingerprint density at radius 1 is 0.711 bits per heavy atom. The van der Waals surface area contributed by atoms with Gasteiger partial charge < -0.3 is 14.9 Å². The van der Waals surface area contributed by atoms with E-state index >= 15 is 0 Å². The second-order valence-electron chi connectivity index (χ2n) is 10.7. The molecule has 0 amide bonds. The van der Waals surface area contributed by atoms with Crippen molar-refractivity contribution in [2.75, 3.05) is 13.2 Å². The summed E-state index contributed by atoms with van der Waals surface area (Å²) in [6.45, 7) is 15.3. The van der Waals surface area contributed by atoms with E-state index in [1.165, 1.54) is 10.8 Å². The van der Waals surface area contributed by atoms with Gasteiger partial charge in [0.05, 0.1) is 17.9 Å². The Balaban J connectivity index is 1.79. The molecular formula is C29H52N4O5. The van der Waals surface area contributed by atoms with Gasteiger partial charge in [-0.05, 0) is 77.0 Å². The number of hydrogen-bond acceptors (Lipinski definition) is 5. The molecule has 0 bridgehead atoms. The van der Waals surface area contributed by atoms with Crippen LogP contribution in [-0.2, 0) is 29.9 Å². The van der Waals surface area contributed by atoms with E-state index in [1.807, 2.05) is 13.8 Å². The van der Waals surface area contributed by atoms with Crippen LogP contribution in [0, 0.1) is 5.41 Å². The lowest BCUT2D eigenvalue weighted by Gasteiger charge is -2.33. The van der Waals surface area contributed by atoms with Crippen molar-refractivity contribution >= 4 is 0 Å². The predicted octanol–water partition coefficient (Wildman–Crippen LogP) is 5.44. The van der Waals surface area contributed by atoms with Gasteiger partial charge in [0.15, 0.2) is 0 Å². The Bertz CT molecular complexity index is 1090. The number of imidazole rings is 2. The molecule has 0 aliphatic heterocycles. The zero-order chi connectivity index (χ0) is 28.3. The molecule has 0 saturated heterocycles. The first-order valence-electron chi connectivity index (χ1n) is 14.8. The highest BCUT2D eigenvalue weighted by atomic mass is 16.5. The van der Waals surface area contributed by atoms with E-state index in [9.17, 15) is 19.8 Å². The number of hydrogen-bond donors (Lipinski definition) is 2. The lowest BCUT2D eigenvalue weighted by molar-refractivity contribution is 0.112. The van der Waals surface area contributed by atoms with Crippen LogP contribution in [0.15, 0.2) is 22.0 Å². The molecule has 2 heterocycles. The number of unbranched alkanes of at least 4 members (excludes halogenated alkanes) is 2. The standard InChI is InChI=1S/C29H52N4O5/c1-7-28(8-2,23-32-24(34)21-30(11-5)26(32)36)17-13-15-19-38-20-16-14-18-29(9-3,10-4)33-25(35)22-31(12-6)27(33)37/h21-22,34-35H,7-20,23H2,1-6H3. The summed E-state index contributed by atoms with van der Waals surface area (Å²) in [6, 6.07) is 0. The van der Waals surface area contributed by atoms with E-state index < -0.39 is 0 Å². The molecule has 0 atom stereocenters. The largest absolute Gasteiger partial charge is 0.493 e. The Morgan fingerprint density at radius 2 is 1.24 bits per heavy atom. The van der Waals surface area contributed by atoms with E-state index in [1.54, 1.807) is 19.9 Å². The molecule has 2 N–H and O–H groups in total. The van der Waals surface area contributed by atoms with Gasteiger partial charge in [-0.25, -0.2) is 9.59 Å². The molecule has 0 unspecified atom stereocenters. The van der Waals surface area contributed by atoms with Crippen LogP contribution in [-0.4, -0.2) is 41.7 Å². The third-order valence-corrected chi connectivity index (χ3v) is 8.85. The van der Waals surface area contributed by atoms with Crippen LogP contribution < -0.4 is 11.4 Å². The fourth-order valence-electron chi connectivity index (χ4n) is 5.78. The highest BCUT2D eigenvalue weighted by Gasteiger charge is 2.33. The van der Waals surface area contributed by atoms with Crippen LogP contribution >= 0.6 is 0 Å². The van der Waals surface area contributed by atoms with Gasteiger partial charge in [-0.1, -0.05) is 34.1 Å². The number of rotatable bonds is 19. The van der Waals surface area contributed by atoms with Crippen molar-refractivity contribution in [3.8, 4) is 11.8 Å². The molecule has 0 aliphatic carbocycles. The van der Waals surface area contributed by atoms with E-state index in [0.717, 1.165) is 64.2 Å². The molecule has 0 spiro atoms. The van der Waals surface area contributed by atoms with Crippen molar-refractivity contribution in [1.82, 2.24) is 18.3 Å². The van der Waals surface area contributed by atoms with Crippen molar-refractivity contribution in [2.24, 2.45) is 5.41 Å². The summed E-state index contributed by atoms with van der Waals surface area (Å²) in [7, 11) is 0. The monoisotopic (exact) mass is 536 g/mol. The summed E-state index contributed by atoms with van der Waals surface area (Å²) in [4.78, 5) is 25.4. The number of aromatic hydroxyl groups is 2. The average Bonchev–Trinajstić information content (AvgIpc) is 3.38. The molecule has 9 heteroatoms. The lowest BCUT2D eigenvalue weighted by Crippen LogP contribution is -2.40. The van der Waals surface area contributed by atoms with E-state index in [-0.39, 0.29) is 34.1 Å². The number of aryl methyl sites for hydroxylation is 2. The smallest absolute Gasteiger partial charge is 0.331 e. The summed E-state index contributed by atoms with van der Waals surface area (Å²) >= 11 is 0. The van der Waals surface area contributed by atoms with Gasteiger partial charge in [0.2, 0.25) is 11.8 Å². The van der Waals surface area contributed by atoms with E-state index in [4.69, 9.17) is 4.74 Å². The van der Waals surface area contributed by atoms with Crippen molar-refractivity contribution in [3.63, 3.8) is 0 Å². The minimum atomic E-state index is -0.375.